The molecule has 3 aromatic carbocycles. The molecule has 3 aliphatic rings. The Morgan fingerprint density at radius 1 is 1.01 bits per heavy atom. The van der Waals surface area contributed by atoms with Gasteiger partial charge in [0.05, 0.1) is 24.8 Å². The number of hydrogen-bond donors (Lipinski definition) is 3. The third-order valence-corrected chi connectivity index (χ3v) is 13.7. The SMILES string of the molecule is CCn1c(-c2ccccc2COC)c2c3cc(ccc31)-c1cc(O)cc(c1)C[C@H](NC(=O)C(C(C)C)N(C)C(=O)[C@H]1CCN(C(=O)/C=C/CN(C)C)C1)C(=O)N1CCC[C@H](N1)C(=O)OCC(C)(C)C2. The summed E-state index contributed by atoms with van der Waals surface area (Å²) in [4.78, 5) is 75.5. The van der Waals surface area contributed by atoms with Gasteiger partial charge in [-0.15, -0.1) is 0 Å². The Labute approximate surface area is 406 Å². The van der Waals surface area contributed by atoms with Crippen LogP contribution in [0.2, 0.25) is 0 Å². The lowest BCUT2D eigenvalue weighted by Crippen LogP contribution is -2.62. The molecule has 69 heavy (non-hydrogen) atoms. The topological polar surface area (TPSA) is 166 Å². The normalized spacial score (nSPS) is 20.4. The lowest BCUT2D eigenvalue weighted by molar-refractivity contribution is -0.155. The van der Waals surface area contributed by atoms with Gasteiger partial charge in [-0.2, -0.15) is 0 Å². The lowest BCUT2D eigenvalue weighted by atomic mass is 9.84. The van der Waals surface area contributed by atoms with Gasteiger partial charge in [-0.05, 0) is 105 Å². The molecule has 0 aliphatic carbocycles. The largest absolute Gasteiger partial charge is 0.508 e. The lowest BCUT2D eigenvalue weighted by Gasteiger charge is -2.37. The Morgan fingerprint density at radius 2 is 1.78 bits per heavy atom. The first-order chi connectivity index (χ1) is 32.9. The van der Waals surface area contributed by atoms with Crippen molar-refractivity contribution < 1.29 is 38.6 Å². The van der Waals surface area contributed by atoms with Crippen LogP contribution in [0.5, 0.6) is 5.75 Å². The molecular formula is C54H71N7O8. The average molecular weight is 946 g/mol. The second-order valence-electron chi connectivity index (χ2n) is 20.4. The van der Waals surface area contributed by atoms with Crippen LogP contribution in [0.25, 0.3) is 33.3 Å². The fourth-order valence-corrected chi connectivity index (χ4v) is 10.3. The number of phenolic OH excluding ortho intramolecular Hbond substituents is 1. The number of amides is 4. The van der Waals surface area contributed by atoms with Gasteiger partial charge in [0.1, 0.15) is 23.9 Å². The minimum absolute atomic E-state index is 0.00207. The van der Waals surface area contributed by atoms with Crippen molar-refractivity contribution >= 4 is 40.5 Å². The Bertz CT molecular complexity index is 2580. The molecule has 6 bridgehead atoms. The molecule has 7 rings (SSSR count). The number of fused-ring (bicyclic) bond motifs is 6. The quantitative estimate of drug-likeness (QED) is 0.114. The molecule has 0 saturated carbocycles. The molecule has 15 heteroatoms. The van der Waals surface area contributed by atoms with Crippen LogP contribution in [0.4, 0.5) is 0 Å². The van der Waals surface area contributed by atoms with Crippen molar-refractivity contribution in [2.75, 3.05) is 61.0 Å². The second-order valence-corrected chi connectivity index (χ2v) is 20.4. The van der Waals surface area contributed by atoms with Crippen molar-refractivity contribution in [3.05, 3.63) is 89.5 Å². The van der Waals surface area contributed by atoms with Crippen LogP contribution in [0, 0.1) is 17.3 Å². The first-order valence-corrected chi connectivity index (χ1v) is 24.4. The van der Waals surface area contributed by atoms with E-state index in [9.17, 15) is 29.1 Å². The minimum atomic E-state index is -1.16. The van der Waals surface area contributed by atoms with Crippen LogP contribution in [-0.2, 0) is 59.4 Å². The maximum Gasteiger partial charge on any atom is 0.324 e. The average Bonchev–Trinajstić information content (AvgIpc) is 3.93. The highest BCUT2D eigenvalue weighted by atomic mass is 16.5. The Kier molecular flexibility index (Phi) is 16.0. The number of likely N-dealkylation sites (N-methyl/N-ethyl adjacent to an activating group) is 2. The van der Waals surface area contributed by atoms with Crippen LogP contribution in [0.3, 0.4) is 0 Å². The number of cyclic esters (lactones) is 1. The number of hydrogen-bond acceptors (Lipinski definition) is 10. The summed E-state index contributed by atoms with van der Waals surface area (Å²) in [7, 11) is 7.13. The summed E-state index contributed by atoms with van der Waals surface area (Å²) in [6.45, 7) is 12.8. The fraction of sp³-hybridized carbons (Fsp3) is 0.500. The Hall–Kier alpha value is -6.03. The second kappa shape index (κ2) is 21.7. The molecule has 370 valence electrons. The zero-order chi connectivity index (χ0) is 49.7. The number of aryl methyl sites for hydroxylation is 1. The summed E-state index contributed by atoms with van der Waals surface area (Å²) in [5.74, 6) is -2.71. The number of methoxy groups -OCH3 is 1. The zero-order valence-electron chi connectivity index (χ0n) is 41.8. The number of nitrogens with zero attached hydrogens (tertiary/aromatic N) is 5. The summed E-state index contributed by atoms with van der Waals surface area (Å²) < 4.78 is 14.1. The van der Waals surface area contributed by atoms with Crippen molar-refractivity contribution in [3.63, 3.8) is 0 Å². The summed E-state index contributed by atoms with van der Waals surface area (Å²) in [5, 5.41) is 16.8. The number of nitrogens with one attached hydrogen (secondary N) is 2. The first-order valence-electron chi connectivity index (χ1n) is 24.4. The number of aromatic hydroxyl groups is 1. The molecule has 15 nitrogen and oxygen atoms in total. The molecule has 4 aromatic rings. The van der Waals surface area contributed by atoms with E-state index in [1.807, 2.05) is 57.1 Å². The molecule has 1 aromatic heterocycles. The van der Waals surface area contributed by atoms with Crippen molar-refractivity contribution in [2.45, 2.75) is 98.0 Å². The number of hydrazine groups is 1. The molecule has 4 heterocycles. The van der Waals surface area contributed by atoms with Crippen molar-refractivity contribution in [1.29, 1.82) is 0 Å². The van der Waals surface area contributed by atoms with Gasteiger partial charge in [-0.3, -0.25) is 29.0 Å². The predicted octanol–water partition coefficient (Wildman–Crippen LogP) is 5.94. The molecule has 2 saturated heterocycles. The van der Waals surface area contributed by atoms with E-state index in [2.05, 4.69) is 60.3 Å². The van der Waals surface area contributed by atoms with E-state index < -0.39 is 47.2 Å². The Balaban J connectivity index is 1.25. The number of likely N-dealkylation sites (tertiary alicyclic amines) is 1. The van der Waals surface area contributed by atoms with E-state index in [1.54, 1.807) is 37.3 Å². The standard InChI is InChI=1S/C54H71N7O8/c1-10-60-46-20-19-36-29-42(46)43(49(60)41-16-12-11-15-38(41)32-68-9)30-54(4,5)33-69-53(67)44-17-13-23-61(56-44)52(66)45(27-35-25-39(36)28-40(62)26-35)55-50(64)48(34(2)3)58(8)51(65)37-21-24-59(31-37)47(63)18-14-22-57(6)7/h11-12,14-16,18-20,25-26,28-29,34,37,44-45,48,56,62H,10,13,17,21-24,27,30-33H2,1-9H3,(H,55,64)/b18-14+/t37-,44-,45-,48?/m0/s1. The van der Waals surface area contributed by atoms with Gasteiger partial charge in [0.2, 0.25) is 17.7 Å². The molecule has 0 spiro atoms. The highest BCUT2D eigenvalue weighted by molar-refractivity contribution is 5.96. The third-order valence-electron chi connectivity index (χ3n) is 13.7. The van der Waals surface area contributed by atoms with E-state index in [4.69, 9.17) is 9.47 Å². The van der Waals surface area contributed by atoms with Crippen molar-refractivity contribution in [1.82, 2.24) is 35.0 Å². The highest BCUT2D eigenvalue weighted by Gasteiger charge is 2.40. The number of aromatic nitrogens is 1. The smallest absolute Gasteiger partial charge is 0.324 e. The molecule has 2 fully saturated rings. The number of ether oxygens (including phenoxy) is 2. The number of benzene rings is 3. The molecule has 3 N–H and O–H groups in total. The zero-order valence-corrected chi connectivity index (χ0v) is 41.8. The molecule has 0 radical (unpaired) electrons. The molecule has 4 amide bonds. The van der Waals surface area contributed by atoms with Gasteiger partial charge < -0.3 is 39.2 Å². The van der Waals surface area contributed by atoms with Crippen molar-refractivity contribution in [3.8, 4) is 28.1 Å². The van der Waals surface area contributed by atoms with Gasteiger partial charge in [0, 0.05) is 81.3 Å². The number of esters is 1. The van der Waals surface area contributed by atoms with Crippen LogP contribution in [0.1, 0.15) is 70.6 Å². The molecular weight excluding hydrogens is 875 g/mol. The maximum atomic E-state index is 14.8. The van der Waals surface area contributed by atoms with Crippen LogP contribution in [0.15, 0.2) is 72.8 Å². The monoisotopic (exact) mass is 946 g/mol. The fourth-order valence-electron chi connectivity index (χ4n) is 10.3. The third kappa shape index (κ3) is 11.5. The highest BCUT2D eigenvalue weighted by Crippen LogP contribution is 2.41. The van der Waals surface area contributed by atoms with Gasteiger partial charge in [0.25, 0.3) is 5.91 Å². The van der Waals surface area contributed by atoms with Gasteiger partial charge >= 0.3 is 5.97 Å². The van der Waals surface area contributed by atoms with E-state index in [0.29, 0.717) is 57.5 Å². The summed E-state index contributed by atoms with van der Waals surface area (Å²) in [6.07, 6.45) is 5.33. The van der Waals surface area contributed by atoms with Crippen molar-refractivity contribution in [2.24, 2.45) is 17.3 Å². The number of phenols is 1. The van der Waals surface area contributed by atoms with E-state index in [-0.39, 0.29) is 49.6 Å². The number of carbonyl (C=O) groups is 5. The van der Waals surface area contributed by atoms with E-state index in [0.717, 1.165) is 44.4 Å². The van der Waals surface area contributed by atoms with E-state index >= 15 is 0 Å². The first kappa shape index (κ1) is 50.8. The molecule has 4 atom stereocenters. The number of rotatable bonds is 12. The predicted molar refractivity (Wildman–Crippen MR) is 267 cm³/mol. The summed E-state index contributed by atoms with van der Waals surface area (Å²) in [6, 6.07) is 16.9. The van der Waals surface area contributed by atoms with Gasteiger partial charge in [-0.1, -0.05) is 70.2 Å². The minimum Gasteiger partial charge on any atom is -0.508 e. The summed E-state index contributed by atoms with van der Waals surface area (Å²) in [5.41, 5.74) is 10.1. The Morgan fingerprint density at radius 3 is 2.51 bits per heavy atom. The van der Waals surface area contributed by atoms with Crippen LogP contribution < -0.4 is 10.7 Å². The van der Waals surface area contributed by atoms with E-state index in [1.165, 1.54) is 16.0 Å². The maximum absolute atomic E-state index is 14.8. The number of carbonyl (C=O) groups excluding carboxylic acids is 5. The summed E-state index contributed by atoms with van der Waals surface area (Å²) >= 11 is 0. The van der Waals surface area contributed by atoms with Crippen LogP contribution >= 0.6 is 0 Å². The molecule has 1 unspecified atom stereocenters. The van der Waals surface area contributed by atoms with Gasteiger partial charge in [0.15, 0.2) is 0 Å². The molecule has 3 aliphatic heterocycles. The van der Waals surface area contributed by atoms with Gasteiger partial charge in [-0.25, -0.2) is 5.43 Å². The van der Waals surface area contributed by atoms with Crippen LogP contribution in [-0.4, -0.2) is 138 Å².